The minimum Gasteiger partial charge on any atom is -0.396 e. The normalized spacial score (nSPS) is 25.4. The molecule has 0 unspecified atom stereocenters. The number of aryl methyl sites for hydroxylation is 1. The van der Waals surface area contributed by atoms with Crippen LogP contribution in [0.3, 0.4) is 0 Å². The number of nitrogens with one attached hydrogen (secondary N) is 1. The van der Waals surface area contributed by atoms with Crippen molar-refractivity contribution < 1.29 is 22.7 Å². The molecule has 2 aromatic carbocycles. The van der Waals surface area contributed by atoms with Gasteiger partial charge < -0.3 is 10.4 Å². The van der Waals surface area contributed by atoms with Gasteiger partial charge in [-0.25, -0.2) is 12.8 Å². The fourth-order valence-electron chi connectivity index (χ4n) is 4.20. The summed E-state index contributed by atoms with van der Waals surface area (Å²) in [4.78, 5) is 12.8. The van der Waals surface area contributed by atoms with E-state index in [0.717, 1.165) is 17.7 Å². The van der Waals surface area contributed by atoms with Gasteiger partial charge in [0.2, 0.25) is 10.0 Å². The van der Waals surface area contributed by atoms with E-state index < -0.39 is 27.3 Å². The van der Waals surface area contributed by atoms with Crippen LogP contribution in [0.25, 0.3) is 0 Å². The van der Waals surface area contributed by atoms with Crippen LogP contribution < -0.4 is 5.32 Å². The Labute approximate surface area is 163 Å². The first-order chi connectivity index (χ1) is 13.4. The molecular weight excluding hydrogens is 383 g/mol. The molecular formula is C20H21FN2O4S. The number of halogens is 1. The molecule has 0 aromatic heterocycles. The van der Waals surface area contributed by atoms with E-state index in [1.165, 1.54) is 16.4 Å². The van der Waals surface area contributed by atoms with Crippen LogP contribution in [0, 0.1) is 11.7 Å². The Morgan fingerprint density at radius 3 is 2.61 bits per heavy atom. The summed E-state index contributed by atoms with van der Waals surface area (Å²) in [5.74, 6) is -1.20. The van der Waals surface area contributed by atoms with Crippen molar-refractivity contribution in [3.63, 3.8) is 0 Å². The Hall–Kier alpha value is -2.29. The number of rotatable bonds is 3. The third-order valence-corrected chi connectivity index (χ3v) is 7.63. The van der Waals surface area contributed by atoms with Gasteiger partial charge in [-0.3, -0.25) is 4.79 Å². The van der Waals surface area contributed by atoms with Gasteiger partial charge >= 0.3 is 0 Å². The van der Waals surface area contributed by atoms with Crippen LogP contribution in [0.5, 0.6) is 0 Å². The molecule has 0 aliphatic carbocycles. The van der Waals surface area contributed by atoms with Crippen molar-refractivity contribution in [2.45, 2.75) is 23.3 Å². The summed E-state index contributed by atoms with van der Waals surface area (Å²) in [5, 5.41) is 13.0. The summed E-state index contributed by atoms with van der Waals surface area (Å²) in [6, 6.07) is 12.0. The van der Waals surface area contributed by atoms with E-state index in [4.69, 9.17) is 0 Å². The molecule has 2 aliphatic rings. The van der Waals surface area contributed by atoms with Crippen LogP contribution >= 0.6 is 0 Å². The van der Waals surface area contributed by atoms with Gasteiger partial charge in [0.15, 0.2) is 0 Å². The van der Waals surface area contributed by atoms with E-state index in [9.17, 15) is 22.7 Å². The lowest BCUT2D eigenvalue weighted by atomic mass is 9.83. The number of aliphatic hydroxyl groups excluding tert-OH is 1. The summed E-state index contributed by atoms with van der Waals surface area (Å²) < 4.78 is 40.5. The highest BCUT2D eigenvalue weighted by molar-refractivity contribution is 7.89. The summed E-state index contributed by atoms with van der Waals surface area (Å²) in [7, 11) is -3.87. The second-order valence-electron chi connectivity index (χ2n) is 7.40. The second-order valence-corrected chi connectivity index (χ2v) is 9.34. The molecule has 8 heteroatoms. The van der Waals surface area contributed by atoms with Crippen LogP contribution in [0.4, 0.5) is 4.39 Å². The molecule has 4 rings (SSSR count). The lowest BCUT2D eigenvalue weighted by Crippen LogP contribution is -2.54. The van der Waals surface area contributed by atoms with Gasteiger partial charge in [0, 0.05) is 31.2 Å². The molecule has 2 heterocycles. The number of sulfonamides is 1. The van der Waals surface area contributed by atoms with Crippen molar-refractivity contribution in [1.29, 1.82) is 0 Å². The predicted molar refractivity (Wildman–Crippen MR) is 101 cm³/mol. The van der Waals surface area contributed by atoms with Crippen molar-refractivity contribution in [3.8, 4) is 0 Å². The molecule has 28 heavy (non-hydrogen) atoms. The van der Waals surface area contributed by atoms with E-state index in [1.807, 2.05) is 12.1 Å². The Morgan fingerprint density at radius 1 is 1.18 bits per heavy atom. The molecule has 1 spiro atoms. The number of carbonyl (C=O) groups is 1. The summed E-state index contributed by atoms with van der Waals surface area (Å²) in [6.07, 6.45) is 1.13. The molecule has 0 radical (unpaired) electrons. The largest absolute Gasteiger partial charge is 0.396 e. The fraction of sp³-hybridized carbons (Fsp3) is 0.350. The summed E-state index contributed by atoms with van der Waals surface area (Å²) in [6.45, 7) is -0.0867. The number of hydrogen-bond donors (Lipinski definition) is 2. The topological polar surface area (TPSA) is 86.7 Å². The van der Waals surface area contributed by atoms with Gasteiger partial charge in [-0.05, 0) is 48.7 Å². The number of fused-ring (bicyclic) bond motifs is 1. The van der Waals surface area contributed by atoms with E-state index in [0.29, 0.717) is 18.4 Å². The molecule has 6 nitrogen and oxygen atoms in total. The second kappa shape index (κ2) is 6.95. The maximum absolute atomic E-state index is 13.2. The Bertz CT molecular complexity index is 1010. The summed E-state index contributed by atoms with van der Waals surface area (Å²) >= 11 is 0. The van der Waals surface area contributed by atoms with Crippen LogP contribution in [-0.2, 0) is 16.4 Å². The zero-order chi connectivity index (χ0) is 19.9. The molecule has 0 saturated carbocycles. The quantitative estimate of drug-likeness (QED) is 0.813. The lowest BCUT2D eigenvalue weighted by Gasteiger charge is -2.33. The highest BCUT2D eigenvalue weighted by Gasteiger charge is 2.51. The smallest absolute Gasteiger partial charge is 0.252 e. The third kappa shape index (κ3) is 3.11. The van der Waals surface area contributed by atoms with Gasteiger partial charge in [-0.1, -0.05) is 18.2 Å². The van der Waals surface area contributed by atoms with Crippen LogP contribution in [0.1, 0.15) is 22.3 Å². The molecule has 1 fully saturated rings. The van der Waals surface area contributed by atoms with E-state index in [-0.39, 0.29) is 30.5 Å². The SMILES string of the molecule is O=C1N[C@]2(CCc3ccccc31)CN(S(=O)(=O)c1ccc(F)cc1)C[C@H]2CO. The van der Waals surface area contributed by atoms with Crippen molar-refractivity contribution >= 4 is 15.9 Å². The number of hydrogen-bond acceptors (Lipinski definition) is 4. The van der Waals surface area contributed by atoms with Crippen molar-refractivity contribution in [2.75, 3.05) is 19.7 Å². The first-order valence-electron chi connectivity index (χ1n) is 9.13. The van der Waals surface area contributed by atoms with E-state index in [1.54, 1.807) is 12.1 Å². The average molecular weight is 404 g/mol. The van der Waals surface area contributed by atoms with Gasteiger partial charge in [0.1, 0.15) is 5.82 Å². The van der Waals surface area contributed by atoms with Crippen LogP contribution in [0.2, 0.25) is 0 Å². The Morgan fingerprint density at radius 2 is 1.89 bits per heavy atom. The fourth-order valence-corrected chi connectivity index (χ4v) is 5.75. The maximum atomic E-state index is 13.2. The average Bonchev–Trinajstić information content (AvgIpc) is 2.99. The molecule has 148 valence electrons. The van der Waals surface area contributed by atoms with Crippen LogP contribution in [0.15, 0.2) is 53.4 Å². The van der Waals surface area contributed by atoms with Gasteiger partial charge in [0.25, 0.3) is 5.91 Å². The zero-order valence-electron chi connectivity index (χ0n) is 15.1. The third-order valence-electron chi connectivity index (χ3n) is 5.80. The molecule has 1 amide bonds. The van der Waals surface area contributed by atoms with Gasteiger partial charge in [-0.15, -0.1) is 0 Å². The number of benzene rings is 2. The monoisotopic (exact) mass is 404 g/mol. The standard InChI is InChI=1S/C20H21FN2O4S/c21-16-5-7-17(8-6-16)28(26,27)23-11-15(12-24)20(13-23)10-9-14-3-1-2-4-18(14)19(25)22-20/h1-8,15,24H,9-13H2,(H,22,25)/t15-,20+/m0/s1. The molecule has 1 saturated heterocycles. The maximum Gasteiger partial charge on any atom is 0.252 e. The minimum atomic E-state index is -3.87. The number of aliphatic hydroxyl groups is 1. The first kappa shape index (κ1) is 19.0. The van der Waals surface area contributed by atoms with Gasteiger partial charge in [0.05, 0.1) is 10.4 Å². The Kier molecular flexibility index (Phi) is 4.73. The minimum absolute atomic E-state index is 0.00845. The lowest BCUT2D eigenvalue weighted by molar-refractivity contribution is 0.0848. The van der Waals surface area contributed by atoms with Gasteiger partial charge in [-0.2, -0.15) is 4.31 Å². The van der Waals surface area contributed by atoms with E-state index >= 15 is 0 Å². The number of nitrogens with zero attached hydrogens (tertiary/aromatic N) is 1. The Balaban J connectivity index is 1.66. The van der Waals surface area contributed by atoms with Crippen LogP contribution in [-0.4, -0.2) is 49.0 Å². The van der Waals surface area contributed by atoms with E-state index in [2.05, 4.69) is 5.32 Å². The predicted octanol–water partition coefficient (Wildman–Crippen LogP) is 1.55. The molecule has 2 atom stereocenters. The molecule has 2 aliphatic heterocycles. The number of carbonyl (C=O) groups excluding carboxylic acids is 1. The highest BCUT2D eigenvalue weighted by atomic mass is 32.2. The summed E-state index contributed by atoms with van der Waals surface area (Å²) in [5.41, 5.74) is 0.641. The molecule has 2 N–H and O–H groups in total. The molecule has 0 bridgehead atoms. The highest BCUT2D eigenvalue weighted by Crippen LogP contribution is 2.37. The number of amides is 1. The first-order valence-corrected chi connectivity index (χ1v) is 10.6. The van der Waals surface area contributed by atoms with Crippen molar-refractivity contribution in [2.24, 2.45) is 5.92 Å². The molecule has 2 aromatic rings. The van der Waals surface area contributed by atoms with Crippen molar-refractivity contribution in [3.05, 3.63) is 65.5 Å². The zero-order valence-corrected chi connectivity index (χ0v) is 16.0. The van der Waals surface area contributed by atoms with Crippen molar-refractivity contribution in [1.82, 2.24) is 9.62 Å².